The molecular formula is C20H18ClN3O2. The van der Waals surface area contributed by atoms with Crippen LogP contribution in [0, 0.1) is 0 Å². The maximum Gasteiger partial charge on any atom is 0.170 e. The molecule has 1 heterocycles. The molecule has 6 heteroatoms. The van der Waals surface area contributed by atoms with Gasteiger partial charge in [-0.15, -0.1) is 0 Å². The maximum atomic E-state index is 6.03. The molecule has 5 nitrogen and oxygen atoms in total. The number of rotatable bonds is 7. The molecule has 26 heavy (non-hydrogen) atoms. The molecule has 3 aromatic rings. The third kappa shape index (κ3) is 4.74. The Balaban J connectivity index is 1.77. The zero-order valence-corrected chi connectivity index (χ0v) is 15.0. The van der Waals surface area contributed by atoms with Gasteiger partial charge < -0.3 is 9.47 Å². The molecule has 0 aliphatic carbocycles. The van der Waals surface area contributed by atoms with Gasteiger partial charge in [0.05, 0.1) is 13.3 Å². The number of benzene rings is 2. The fourth-order valence-corrected chi connectivity index (χ4v) is 2.54. The summed E-state index contributed by atoms with van der Waals surface area (Å²) in [6.45, 7) is 0.370. The van der Waals surface area contributed by atoms with Gasteiger partial charge in [0.25, 0.3) is 0 Å². The van der Waals surface area contributed by atoms with Crippen molar-refractivity contribution in [3.63, 3.8) is 0 Å². The van der Waals surface area contributed by atoms with Gasteiger partial charge in [-0.1, -0.05) is 35.9 Å². The number of hydrogen-bond acceptors (Lipinski definition) is 5. The second-order valence-corrected chi connectivity index (χ2v) is 5.82. The first-order chi connectivity index (χ1) is 12.8. The van der Waals surface area contributed by atoms with Crippen LogP contribution in [0.5, 0.6) is 11.5 Å². The van der Waals surface area contributed by atoms with Crippen LogP contribution in [-0.2, 0) is 6.61 Å². The summed E-state index contributed by atoms with van der Waals surface area (Å²) in [6.07, 6.45) is 3.37. The number of nitrogens with one attached hydrogen (secondary N) is 1. The second kappa shape index (κ2) is 8.87. The van der Waals surface area contributed by atoms with E-state index in [2.05, 4.69) is 15.5 Å². The standard InChI is InChI=1S/C20H18ClN3O2/c1-25-18-9-5-7-16(13-23-24-19-10-2-3-11-22-19)20(18)26-14-15-6-4-8-17(21)12-15/h2-13H,14H2,1H3,(H,22,24). The summed E-state index contributed by atoms with van der Waals surface area (Å²) in [7, 11) is 1.61. The fraction of sp³-hybridized carbons (Fsp3) is 0.100. The summed E-state index contributed by atoms with van der Waals surface area (Å²) in [6, 6.07) is 18.7. The average Bonchev–Trinajstić information content (AvgIpc) is 2.67. The van der Waals surface area contributed by atoms with E-state index in [9.17, 15) is 0 Å². The molecule has 2 aromatic carbocycles. The van der Waals surface area contributed by atoms with Crippen molar-refractivity contribution in [3.05, 3.63) is 83.0 Å². The topological polar surface area (TPSA) is 55.7 Å². The van der Waals surface area contributed by atoms with Crippen LogP contribution in [0.4, 0.5) is 5.82 Å². The van der Waals surface area contributed by atoms with Crippen molar-refractivity contribution in [1.29, 1.82) is 0 Å². The van der Waals surface area contributed by atoms with Crippen LogP contribution in [0.3, 0.4) is 0 Å². The van der Waals surface area contributed by atoms with E-state index in [1.165, 1.54) is 0 Å². The molecule has 0 saturated heterocycles. The van der Waals surface area contributed by atoms with E-state index >= 15 is 0 Å². The molecule has 1 aromatic heterocycles. The van der Waals surface area contributed by atoms with E-state index in [1.807, 2.05) is 60.7 Å². The molecule has 0 atom stereocenters. The first-order valence-corrected chi connectivity index (χ1v) is 8.38. The Hall–Kier alpha value is -3.05. The van der Waals surface area contributed by atoms with Gasteiger partial charge in [-0.2, -0.15) is 5.10 Å². The molecule has 0 fully saturated rings. The molecule has 1 N–H and O–H groups in total. The lowest BCUT2D eigenvalue weighted by atomic mass is 10.2. The van der Waals surface area contributed by atoms with Crippen LogP contribution in [0.25, 0.3) is 0 Å². The summed E-state index contributed by atoms with van der Waals surface area (Å²) >= 11 is 6.03. The Kier molecular flexibility index (Phi) is 6.06. The molecule has 3 rings (SSSR count). The minimum atomic E-state index is 0.370. The molecule has 0 spiro atoms. The van der Waals surface area contributed by atoms with E-state index in [0.29, 0.717) is 28.9 Å². The van der Waals surface area contributed by atoms with Crippen LogP contribution in [0.2, 0.25) is 5.02 Å². The maximum absolute atomic E-state index is 6.03. The minimum absolute atomic E-state index is 0.370. The Labute approximate surface area is 157 Å². The third-order valence-electron chi connectivity index (χ3n) is 3.55. The van der Waals surface area contributed by atoms with Gasteiger partial charge in [-0.05, 0) is 42.0 Å². The van der Waals surface area contributed by atoms with E-state index in [4.69, 9.17) is 21.1 Å². The first-order valence-electron chi connectivity index (χ1n) is 8.00. The highest BCUT2D eigenvalue weighted by atomic mass is 35.5. The summed E-state index contributed by atoms with van der Waals surface area (Å²) in [4.78, 5) is 4.16. The lowest BCUT2D eigenvalue weighted by Crippen LogP contribution is -2.01. The number of anilines is 1. The summed E-state index contributed by atoms with van der Waals surface area (Å²) in [5.41, 5.74) is 4.64. The van der Waals surface area contributed by atoms with Crippen molar-refractivity contribution in [2.24, 2.45) is 5.10 Å². The predicted octanol–water partition coefficient (Wildman–Crippen LogP) is 4.77. The number of methoxy groups -OCH3 is 1. The van der Waals surface area contributed by atoms with Crippen molar-refractivity contribution < 1.29 is 9.47 Å². The van der Waals surface area contributed by atoms with Crippen LogP contribution in [0.1, 0.15) is 11.1 Å². The molecule has 0 saturated carbocycles. The van der Waals surface area contributed by atoms with Gasteiger partial charge in [0, 0.05) is 16.8 Å². The van der Waals surface area contributed by atoms with Gasteiger partial charge in [0.1, 0.15) is 12.4 Å². The number of para-hydroxylation sites is 1. The number of hydrogen-bond donors (Lipinski definition) is 1. The number of nitrogens with zero attached hydrogens (tertiary/aromatic N) is 2. The molecule has 0 aliphatic rings. The van der Waals surface area contributed by atoms with Crippen molar-refractivity contribution in [1.82, 2.24) is 4.98 Å². The molecular weight excluding hydrogens is 350 g/mol. The van der Waals surface area contributed by atoms with Crippen LogP contribution < -0.4 is 14.9 Å². The van der Waals surface area contributed by atoms with E-state index in [-0.39, 0.29) is 0 Å². The zero-order valence-electron chi connectivity index (χ0n) is 14.2. The zero-order chi connectivity index (χ0) is 18.2. The Morgan fingerprint density at radius 1 is 1.12 bits per heavy atom. The van der Waals surface area contributed by atoms with Gasteiger partial charge in [0.15, 0.2) is 11.5 Å². The second-order valence-electron chi connectivity index (χ2n) is 5.38. The van der Waals surface area contributed by atoms with Crippen molar-refractivity contribution >= 4 is 23.6 Å². The quantitative estimate of drug-likeness (QED) is 0.483. The first kappa shape index (κ1) is 17.8. The highest BCUT2D eigenvalue weighted by Crippen LogP contribution is 2.31. The van der Waals surface area contributed by atoms with Gasteiger partial charge >= 0.3 is 0 Å². The lowest BCUT2D eigenvalue weighted by Gasteiger charge is -2.13. The summed E-state index contributed by atoms with van der Waals surface area (Å²) in [5.74, 6) is 1.91. The summed E-state index contributed by atoms with van der Waals surface area (Å²) in [5, 5.41) is 4.90. The average molecular weight is 368 g/mol. The van der Waals surface area contributed by atoms with Gasteiger partial charge in [0.2, 0.25) is 0 Å². The monoisotopic (exact) mass is 367 g/mol. The number of halogens is 1. The Bertz CT molecular complexity index is 885. The molecule has 0 amide bonds. The van der Waals surface area contributed by atoms with Crippen molar-refractivity contribution in [2.75, 3.05) is 12.5 Å². The summed E-state index contributed by atoms with van der Waals surface area (Å²) < 4.78 is 11.4. The van der Waals surface area contributed by atoms with Gasteiger partial charge in [-0.25, -0.2) is 4.98 Å². The molecule has 0 bridgehead atoms. The Morgan fingerprint density at radius 2 is 2.00 bits per heavy atom. The third-order valence-corrected chi connectivity index (χ3v) is 3.78. The molecule has 0 unspecified atom stereocenters. The molecule has 0 aliphatic heterocycles. The number of aromatic nitrogens is 1. The van der Waals surface area contributed by atoms with Crippen LogP contribution >= 0.6 is 11.6 Å². The lowest BCUT2D eigenvalue weighted by molar-refractivity contribution is 0.284. The largest absolute Gasteiger partial charge is 0.493 e. The van der Waals surface area contributed by atoms with Crippen molar-refractivity contribution in [3.8, 4) is 11.5 Å². The number of ether oxygens (including phenoxy) is 2. The Morgan fingerprint density at radius 3 is 2.77 bits per heavy atom. The minimum Gasteiger partial charge on any atom is -0.493 e. The molecule has 132 valence electrons. The number of hydrazone groups is 1. The normalized spacial score (nSPS) is 10.7. The van der Waals surface area contributed by atoms with Gasteiger partial charge in [-0.3, -0.25) is 5.43 Å². The highest BCUT2D eigenvalue weighted by molar-refractivity contribution is 6.30. The smallest absolute Gasteiger partial charge is 0.170 e. The highest BCUT2D eigenvalue weighted by Gasteiger charge is 2.10. The van der Waals surface area contributed by atoms with Crippen LogP contribution in [-0.4, -0.2) is 18.3 Å². The molecule has 0 radical (unpaired) electrons. The number of pyridine rings is 1. The van der Waals surface area contributed by atoms with E-state index < -0.39 is 0 Å². The van der Waals surface area contributed by atoms with Crippen LogP contribution in [0.15, 0.2) is 72.0 Å². The van der Waals surface area contributed by atoms with Crippen molar-refractivity contribution in [2.45, 2.75) is 6.61 Å². The van der Waals surface area contributed by atoms with E-state index in [1.54, 1.807) is 19.5 Å². The predicted molar refractivity (Wildman–Crippen MR) is 104 cm³/mol. The fourth-order valence-electron chi connectivity index (χ4n) is 2.33. The SMILES string of the molecule is COc1cccc(C=NNc2ccccn2)c1OCc1cccc(Cl)c1. The van der Waals surface area contributed by atoms with E-state index in [0.717, 1.165) is 11.1 Å².